The number of nitrogens with zero attached hydrogens (tertiary/aromatic N) is 2. The minimum Gasteiger partial charge on any atom is -0.388 e. The van der Waals surface area contributed by atoms with Crippen LogP contribution >= 0.6 is 12.2 Å². The lowest BCUT2D eigenvalue weighted by atomic mass is 10.2. The van der Waals surface area contributed by atoms with E-state index in [0.717, 1.165) is 0 Å². The summed E-state index contributed by atoms with van der Waals surface area (Å²) >= 11 is 4.89. The van der Waals surface area contributed by atoms with Crippen molar-refractivity contribution in [1.29, 1.82) is 0 Å². The fraction of sp³-hybridized carbons (Fsp3) is 0.417. The summed E-state index contributed by atoms with van der Waals surface area (Å²) in [5.41, 5.74) is 11.3. The molecule has 0 atom stereocenters. The zero-order valence-corrected chi connectivity index (χ0v) is 11.4. The number of pyridine rings is 1. The molecule has 0 fully saturated rings. The first-order valence-electron chi connectivity index (χ1n) is 5.70. The monoisotopic (exact) mass is 266 g/mol. The minimum atomic E-state index is -0.391. The van der Waals surface area contributed by atoms with Gasteiger partial charge in [-0.1, -0.05) is 32.1 Å². The second-order valence-electron chi connectivity index (χ2n) is 4.49. The van der Waals surface area contributed by atoms with Crippen molar-refractivity contribution in [3.05, 3.63) is 23.9 Å². The van der Waals surface area contributed by atoms with Crippen LogP contribution in [0, 0.1) is 5.92 Å². The van der Waals surface area contributed by atoms with Crippen LogP contribution in [0.5, 0.6) is 0 Å². The Kier molecular flexibility index (Phi) is 5.03. The van der Waals surface area contributed by atoms with Crippen LogP contribution in [0.15, 0.2) is 18.2 Å². The van der Waals surface area contributed by atoms with Crippen LogP contribution in [0.25, 0.3) is 0 Å². The molecule has 0 spiro atoms. The lowest BCUT2D eigenvalue weighted by molar-refractivity contribution is -0.116. The summed E-state index contributed by atoms with van der Waals surface area (Å²) in [4.78, 5) is 17.5. The molecule has 18 heavy (non-hydrogen) atoms. The van der Waals surface area contributed by atoms with Crippen molar-refractivity contribution < 1.29 is 4.79 Å². The summed E-state index contributed by atoms with van der Waals surface area (Å²) in [6.07, 6.45) is 0. The molecule has 0 aromatic carbocycles. The smallest absolute Gasteiger partial charge is 0.236 e. The largest absolute Gasteiger partial charge is 0.388 e. The van der Waals surface area contributed by atoms with Crippen LogP contribution in [0.1, 0.15) is 19.5 Å². The van der Waals surface area contributed by atoms with Gasteiger partial charge in [-0.25, -0.2) is 4.98 Å². The number of nitrogens with two attached hydrogens (primary N) is 2. The van der Waals surface area contributed by atoms with Crippen LogP contribution in [0.3, 0.4) is 0 Å². The standard InChI is InChI=1S/C12H18N4OS/c1-8(2)6-16(7-10(13)17)11-5-3-4-9(15-11)12(14)18/h3-5,8H,6-7H2,1-2H3,(H2,13,17)(H2,14,18). The molecule has 1 aromatic rings. The van der Waals surface area contributed by atoms with Gasteiger partial charge >= 0.3 is 0 Å². The molecule has 0 unspecified atom stereocenters. The molecule has 1 rings (SSSR count). The van der Waals surface area contributed by atoms with Gasteiger partial charge in [0, 0.05) is 6.54 Å². The first-order chi connectivity index (χ1) is 8.40. The maximum absolute atomic E-state index is 11.1. The fourth-order valence-electron chi connectivity index (χ4n) is 1.60. The van der Waals surface area contributed by atoms with E-state index in [4.69, 9.17) is 23.7 Å². The molecule has 98 valence electrons. The third kappa shape index (κ3) is 4.29. The number of anilines is 1. The Hall–Kier alpha value is -1.69. The Morgan fingerprint density at radius 2 is 2.11 bits per heavy atom. The number of amides is 1. The molecule has 1 amide bonds. The van der Waals surface area contributed by atoms with Crippen LogP contribution in [-0.4, -0.2) is 29.0 Å². The first-order valence-corrected chi connectivity index (χ1v) is 6.11. The van der Waals surface area contributed by atoms with Crippen LogP contribution in [0.2, 0.25) is 0 Å². The van der Waals surface area contributed by atoms with Crippen molar-refractivity contribution in [2.24, 2.45) is 17.4 Å². The molecule has 5 nitrogen and oxygen atoms in total. The van der Waals surface area contributed by atoms with E-state index in [2.05, 4.69) is 18.8 Å². The number of aromatic nitrogens is 1. The highest BCUT2D eigenvalue weighted by Gasteiger charge is 2.13. The average molecular weight is 266 g/mol. The van der Waals surface area contributed by atoms with E-state index in [0.29, 0.717) is 24.0 Å². The van der Waals surface area contributed by atoms with Gasteiger partial charge in [0.25, 0.3) is 0 Å². The summed E-state index contributed by atoms with van der Waals surface area (Å²) in [6, 6.07) is 5.36. The molecule has 0 saturated heterocycles. The average Bonchev–Trinajstić information content (AvgIpc) is 2.27. The van der Waals surface area contributed by atoms with E-state index < -0.39 is 5.91 Å². The third-order valence-corrected chi connectivity index (χ3v) is 2.45. The van der Waals surface area contributed by atoms with Gasteiger partial charge in [-0.15, -0.1) is 0 Å². The Balaban J connectivity index is 3.00. The van der Waals surface area contributed by atoms with Crippen molar-refractivity contribution in [3.8, 4) is 0 Å². The van der Waals surface area contributed by atoms with E-state index >= 15 is 0 Å². The Bertz CT molecular complexity index is 447. The third-order valence-electron chi connectivity index (χ3n) is 2.24. The van der Waals surface area contributed by atoms with Gasteiger partial charge in [-0.05, 0) is 18.1 Å². The molecule has 1 heterocycles. The van der Waals surface area contributed by atoms with E-state index in [1.165, 1.54) is 0 Å². The molecule has 0 aliphatic rings. The van der Waals surface area contributed by atoms with Gasteiger partial charge in [0.15, 0.2) is 0 Å². The van der Waals surface area contributed by atoms with E-state index in [1.54, 1.807) is 6.07 Å². The minimum absolute atomic E-state index is 0.131. The summed E-state index contributed by atoms with van der Waals surface area (Å²) in [6.45, 7) is 4.94. The number of carbonyl (C=O) groups is 1. The lowest BCUT2D eigenvalue weighted by Crippen LogP contribution is -2.37. The zero-order chi connectivity index (χ0) is 13.7. The predicted molar refractivity (Wildman–Crippen MR) is 76.4 cm³/mol. The molecule has 6 heteroatoms. The second-order valence-corrected chi connectivity index (χ2v) is 4.93. The summed E-state index contributed by atoms with van der Waals surface area (Å²) in [5, 5.41) is 0. The molecular formula is C12H18N4OS. The number of primary amides is 1. The Morgan fingerprint density at radius 1 is 1.44 bits per heavy atom. The highest BCUT2D eigenvalue weighted by Crippen LogP contribution is 2.13. The van der Waals surface area contributed by atoms with Crippen molar-refractivity contribution in [3.63, 3.8) is 0 Å². The van der Waals surface area contributed by atoms with Crippen molar-refractivity contribution >= 4 is 28.9 Å². The summed E-state index contributed by atoms with van der Waals surface area (Å²) in [5.74, 6) is 0.658. The molecule has 0 aliphatic carbocycles. The van der Waals surface area contributed by atoms with Gasteiger partial charge in [-0.3, -0.25) is 4.79 Å². The second kappa shape index (κ2) is 6.30. The number of rotatable bonds is 6. The maximum Gasteiger partial charge on any atom is 0.236 e. The highest BCUT2D eigenvalue weighted by molar-refractivity contribution is 7.80. The molecule has 0 bridgehead atoms. The molecular weight excluding hydrogens is 248 g/mol. The normalized spacial score (nSPS) is 10.4. The summed E-state index contributed by atoms with van der Waals surface area (Å²) < 4.78 is 0. The highest BCUT2D eigenvalue weighted by atomic mass is 32.1. The van der Waals surface area contributed by atoms with Gasteiger partial charge in [0.05, 0.1) is 12.2 Å². The fourth-order valence-corrected chi connectivity index (χ4v) is 1.72. The Labute approximate surface area is 112 Å². The Morgan fingerprint density at radius 3 is 2.61 bits per heavy atom. The van der Waals surface area contributed by atoms with Crippen molar-refractivity contribution in [2.45, 2.75) is 13.8 Å². The molecule has 0 aliphatic heterocycles. The van der Waals surface area contributed by atoms with E-state index in [1.807, 2.05) is 17.0 Å². The quantitative estimate of drug-likeness (QED) is 0.739. The number of hydrogen-bond acceptors (Lipinski definition) is 4. The van der Waals surface area contributed by atoms with Crippen molar-refractivity contribution in [1.82, 2.24) is 4.98 Å². The van der Waals surface area contributed by atoms with E-state index in [9.17, 15) is 4.79 Å². The van der Waals surface area contributed by atoms with Crippen LogP contribution in [0.4, 0.5) is 5.82 Å². The van der Waals surface area contributed by atoms with Gasteiger partial charge in [0.2, 0.25) is 5.91 Å². The maximum atomic E-state index is 11.1. The van der Waals surface area contributed by atoms with Gasteiger partial charge < -0.3 is 16.4 Å². The topological polar surface area (TPSA) is 85.2 Å². The number of thiocarbonyl (C=S) groups is 1. The molecule has 1 aromatic heterocycles. The SMILES string of the molecule is CC(C)CN(CC(N)=O)c1cccc(C(N)=S)n1. The van der Waals surface area contributed by atoms with Crippen LogP contribution < -0.4 is 16.4 Å². The molecule has 4 N–H and O–H groups in total. The summed E-state index contributed by atoms with van der Waals surface area (Å²) in [7, 11) is 0. The number of carbonyl (C=O) groups excluding carboxylic acids is 1. The van der Waals surface area contributed by atoms with Gasteiger partial charge in [-0.2, -0.15) is 0 Å². The molecule has 0 saturated carbocycles. The van der Waals surface area contributed by atoms with E-state index in [-0.39, 0.29) is 11.5 Å². The van der Waals surface area contributed by atoms with Crippen LogP contribution in [-0.2, 0) is 4.79 Å². The zero-order valence-electron chi connectivity index (χ0n) is 10.6. The predicted octanol–water partition coefficient (Wildman–Crippen LogP) is 0.663. The lowest BCUT2D eigenvalue weighted by Gasteiger charge is -2.24. The van der Waals surface area contributed by atoms with Gasteiger partial charge in [0.1, 0.15) is 10.8 Å². The number of hydrogen-bond donors (Lipinski definition) is 2. The first kappa shape index (κ1) is 14.4. The van der Waals surface area contributed by atoms with Crippen molar-refractivity contribution in [2.75, 3.05) is 18.0 Å². The molecule has 0 radical (unpaired) electrons.